The van der Waals surface area contributed by atoms with Gasteiger partial charge in [-0.2, -0.15) is 5.10 Å². The first-order valence-electron chi connectivity index (χ1n) is 7.63. The minimum absolute atomic E-state index is 0.0849. The van der Waals surface area contributed by atoms with Gasteiger partial charge in [0.25, 0.3) is 5.91 Å². The van der Waals surface area contributed by atoms with Gasteiger partial charge in [-0.25, -0.2) is 5.43 Å². The topological polar surface area (TPSA) is 61.7 Å². The molecule has 1 aliphatic rings. The largest absolute Gasteiger partial charge is 0.508 e. The fourth-order valence-corrected chi connectivity index (χ4v) is 2.92. The third-order valence-electron chi connectivity index (χ3n) is 4.17. The molecule has 1 aliphatic carbocycles. The Labute approximate surface area is 126 Å². The zero-order valence-corrected chi connectivity index (χ0v) is 13.0. The third kappa shape index (κ3) is 4.06. The van der Waals surface area contributed by atoms with Gasteiger partial charge in [-0.3, -0.25) is 4.79 Å². The van der Waals surface area contributed by atoms with Crippen LogP contribution in [0.1, 0.15) is 50.4 Å². The van der Waals surface area contributed by atoms with Gasteiger partial charge in [-0.05, 0) is 49.3 Å². The minimum atomic E-state index is -0.279. The van der Waals surface area contributed by atoms with Crippen molar-refractivity contribution in [3.05, 3.63) is 29.8 Å². The van der Waals surface area contributed by atoms with Gasteiger partial charge in [0.05, 0.1) is 0 Å². The number of nitrogens with zero attached hydrogens (tertiary/aromatic N) is 1. The van der Waals surface area contributed by atoms with E-state index in [0.717, 1.165) is 18.6 Å². The second-order valence-corrected chi connectivity index (χ2v) is 6.33. The Bertz CT molecular complexity index is 537. The van der Waals surface area contributed by atoms with Gasteiger partial charge in [0.1, 0.15) is 5.75 Å². The number of hydrazone groups is 1. The Hall–Kier alpha value is -1.84. The van der Waals surface area contributed by atoms with Gasteiger partial charge in [0.15, 0.2) is 0 Å². The smallest absolute Gasteiger partial charge is 0.271 e. The lowest BCUT2D eigenvalue weighted by atomic mass is 9.76. The molecule has 1 fully saturated rings. The van der Waals surface area contributed by atoms with Crippen molar-refractivity contribution in [1.29, 1.82) is 0 Å². The first kappa shape index (κ1) is 15.5. The molecule has 1 aromatic carbocycles. The maximum absolute atomic E-state index is 12.1. The van der Waals surface area contributed by atoms with E-state index >= 15 is 0 Å². The van der Waals surface area contributed by atoms with E-state index in [1.807, 2.05) is 0 Å². The number of carbonyl (C=O) groups is 1. The average Bonchev–Trinajstić information content (AvgIpc) is 2.44. The Morgan fingerprint density at radius 2 is 2.14 bits per heavy atom. The first-order chi connectivity index (χ1) is 9.97. The number of hydrogen-bond donors (Lipinski definition) is 2. The fraction of sp³-hybridized carbons (Fsp3) is 0.529. The maximum atomic E-state index is 12.1. The summed E-state index contributed by atoms with van der Waals surface area (Å²) in [5.41, 5.74) is 4.15. The molecule has 0 aliphatic heterocycles. The van der Waals surface area contributed by atoms with Gasteiger partial charge in [0.2, 0.25) is 0 Å². The lowest BCUT2D eigenvalue weighted by Gasteiger charge is -2.30. The molecule has 4 heteroatoms. The van der Waals surface area contributed by atoms with Crippen LogP contribution in [0.25, 0.3) is 0 Å². The minimum Gasteiger partial charge on any atom is -0.508 e. The van der Waals surface area contributed by atoms with Crippen molar-refractivity contribution in [2.24, 2.45) is 22.9 Å². The summed E-state index contributed by atoms with van der Waals surface area (Å²) in [6.45, 7) is 6.63. The van der Waals surface area contributed by atoms with Crippen LogP contribution in [0.2, 0.25) is 0 Å². The van der Waals surface area contributed by atoms with Crippen LogP contribution in [-0.2, 0) is 0 Å². The Morgan fingerprint density at radius 3 is 2.81 bits per heavy atom. The molecular weight excluding hydrogens is 264 g/mol. The van der Waals surface area contributed by atoms with Crippen molar-refractivity contribution >= 4 is 11.6 Å². The number of phenols is 1. The summed E-state index contributed by atoms with van der Waals surface area (Å²) in [5.74, 6) is 1.41. The van der Waals surface area contributed by atoms with Gasteiger partial charge < -0.3 is 5.11 Å². The highest BCUT2D eigenvalue weighted by Crippen LogP contribution is 2.31. The van der Waals surface area contributed by atoms with E-state index in [0.29, 0.717) is 23.3 Å². The van der Waals surface area contributed by atoms with Crippen molar-refractivity contribution in [2.45, 2.75) is 40.0 Å². The van der Waals surface area contributed by atoms with E-state index in [2.05, 4.69) is 31.3 Å². The predicted molar refractivity (Wildman–Crippen MR) is 84.4 cm³/mol. The van der Waals surface area contributed by atoms with Crippen LogP contribution >= 0.6 is 0 Å². The van der Waals surface area contributed by atoms with Crippen molar-refractivity contribution < 1.29 is 9.90 Å². The van der Waals surface area contributed by atoms with Crippen LogP contribution in [0.15, 0.2) is 29.4 Å². The highest BCUT2D eigenvalue weighted by atomic mass is 16.3. The molecule has 1 amide bonds. The fourth-order valence-electron chi connectivity index (χ4n) is 2.92. The SMILES string of the molecule is CC(C)[C@H]1CC[C@H](C)C/C1=N/NC(=O)c1cccc(O)c1. The van der Waals surface area contributed by atoms with E-state index in [9.17, 15) is 9.90 Å². The number of carbonyl (C=O) groups excluding carboxylic acids is 1. The number of nitrogens with one attached hydrogen (secondary N) is 1. The van der Waals surface area contributed by atoms with E-state index in [4.69, 9.17) is 0 Å². The summed E-state index contributed by atoms with van der Waals surface area (Å²) >= 11 is 0. The molecule has 0 unspecified atom stereocenters. The van der Waals surface area contributed by atoms with Crippen LogP contribution in [0.4, 0.5) is 0 Å². The molecule has 4 nitrogen and oxygen atoms in total. The van der Waals surface area contributed by atoms with E-state index in [-0.39, 0.29) is 11.7 Å². The van der Waals surface area contributed by atoms with Crippen LogP contribution < -0.4 is 5.43 Å². The quantitative estimate of drug-likeness (QED) is 0.835. The van der Waals surface area contributed by atoms with E-state index in [1.165, 1.54) is 12.5 Å². The number of benzene rings is 1. The lowest BCUT2D eigenvalue weighted by Crippen LogP contribution is -2.31. The molecule has 1 aromatic rings. The lowest BCUT2D eigenvalue weighted by molar-refractivity contribution is 0.0953. The normalized spacial score (nSPS) is 24.3. The Morgan fingerprint density at radius 1 is 1.38 bits per heavy atom. The average molecular weight is 288 g/mol. The van der Waals surface area contributed by atoms with Crippen LogP contribution in [0.5, 0.6) is 5.75 Å². The second-order valence-electron chi connectivity index (χ2n) is 6.33. The Kier molecular flexibility index (Phi) is 4.99. The highest BCUT2D eigenvalue weighted by molar-refractivity contribution is 5.96. The molecule has 2 atom stereocenters. The van der Waals surface area contributed by atoms with Gasteiger partial charge >= 0.3 is 0 Å². The van der Waals surface area contributed by atoms with Crippen molar-refractivity contribution in [2.75, 3.05) is 0 Å². The molecule has 114 valence electrons. The first-order valence-corrected chi connectivity index (χ1v) is 7.63. The van der Waals surface area contributed by atoms with Crippen molar-refractivity contribution in [3.63, 3.8) is 0 Å². The van der Waals surface area contributed by atoms with Crippen molar-refractivity contribution in [1.82, 2.24) is 5.43 Å². The molecule has 0 saturated heterocycles. The molecule has 2 rings (SSSR count). The van der Waals surface area contributed by atoms with Gasteiger partial charge in [0, 0.05) is 17.2 Å². The summed E-state index contributed by atoms with van der Waals surface area (Å²) < 4.78 is 0. The molecule has 1 saturated carbocycles. The van der Waals surface area contributed by atoms with Crippen LogP contribution in [0, 0.1) is 17.8 Å². The summed E-state index contributed by atoms with van der Waals surface area (Å²) in [7, 11) is 0. The molecule has 2 N–H and O–H groups in total. The predicted octanol–water partition coefficient (Wildman–Crippen LogP) is 3.57. The summed E-state index contributed by atoms with van der Waals surface area (Å²) in [5, 5.41) is 13.8. The van der Waals surface area contributed by atoms with Gasteiger partial charge in [-0.15, -0.1) is 0 Å². The third-order valence-corrected chi connectivity index (χ3v) is 4.17. The number of phenolic OH excluding ortho intramolecular Hbond substituents is 1. The van der Waals surface area contributed by atoms with Crippen molar-refractivity contribution in [3.8, 4) is 5.75 Å². The van der Waals surface area contributed by atoms with Crippen LogP contribution in [0.3, 0.4) is 0 Å². The van der Waals surface area contributed by atoms with E-state index in [1.54, 1.807) is 18.2 Å². The number of amides is 1. The number of rotatable bonds is 3. The zero-order valence-electron chi connectivity index (χ0n) is 13.0. The highest BCUT2D eigenvalue weighted by Gasteiger charge is 2.27. The molecule has 0 spiro atoms. The number of aromatic hydroxyl groups is 1. The second kappa shape index (κ2) is 6.74. The molecule has 0 aromatic heterocycles. The summed E-state index contributed by atoms with van der Waals surface area (Å²) in [6.07, 6.45) is 3.31. The molecule has 0 heterocycles. The molecular formula is C17H24N2O2. The zero-order chi connectivity index (χ0) is 15.4. The van der Waals surface area contributed by atoms with Gasteiger partial charge in [-0.1, -0.05) is 26.8 Å². The molecule has 21 heavy (non-hydrogen) atoms. The Balaban J connectivity index is 2.08. The molecule has 0 bridgehead atoms. The maximum Gasteiger partial charge on any atom is 0.271 e. The molecule has 0 radical (unpaired) electrons. The summed E-state index contributed by atoms with van der Waals surface area (Å²) in [6, 6.07) is 6.30. The number of hydrogen-bond acceptors (Lipinski definition) is 3. The van der Waals surface area contributed by atoms with Crippen LogP contribution in [-0.4, -0.2) is 16.7 Å². The standard InChI is InChI=1S/C17H24N2O2/c1-11(2)15-8-7-12(3)9-16(15)18-19-17(21)13-5-4-6-14(20)10-13/h4-6,10-12,15,20H,7-9H2,1-3H3,(H,19,21)/b18-16-/t12-,15+/m0/s1. The monoisotopic (exact) mass is 288 g/mol. The summed E-state index contributed by atoms with van der Waals surface area (Å²) in [4.78, 5) is 12.1. The van der Waals surface area contributed by atoms with E-state index < -0.39 is 0 Å².